The fourth-order valence-corrected chi connectivity index (χ4v) is 1.70. The first kappa shape index (κ1) is 11.4. The minimum absolute atomic E-state index is 0.380. The standard InChI is InChI=1S/C12H15N3O2/c1-3-6-17-12(16)8-4-5-10-9(11(8)13)7-14-15(10)2/h4-5,7H,3,6,13H2,1-2H3. The van der Waals surface area contributed by atoms with E-state index in [9.17, 15) is 4.79 Å². The average Bonchev–Trinajstić information content (AvgIpc) is 2.69. The molecule has 2 rings (SSSR count). The van der Waals surface area contributed by atoms with Crippen molar-refractivity contribution < 1.29 is 9.53 Å². The van der Waals surface area contributed by atoms with Crippen LogP contribution in [0.25, 0.3) is 10.9 Å². The Kier molecular flexibility index (Phi) is 2.99. The summed E-state index contributed by atoms with van der Waals surface area (Å²) in [5.74, 6) is -0.380. The molecule has 0 aliphatic heterocycles. The van der Waals surface area contributed by atoms with Crippen LogP contribution in [0.3, 0.4) is 0 Å². The van der Waals surface area contributed by atoms with Crippen molar-refractivity contribution in [3.05, 3.63) is 23.9 Å². The molecule has 0 aliphatic rings. The first-order chi connectivity index (χ1) is 8.15. The molecule has 1 aromatic heterocycles. The van der Waals surface area contributed by atoms with Crippen molar-refractivity contribution in [2.75, 3.05) is 12.3 Å². The number of hydrogen-bond acceptors (Lipinski definition) is 4. The van der Waals surface area contributed by atoms with E-state index in [-0.39, 0.29) is 5.97 Å². The van der Waals surface area contributed by atoms with Gasteiger partial charge in [0.2, 0.25) is 0 Å². The number of nitrogens with zero attached hydrogens (tertiary/aromatic N) is 2. The Bertz CT molecular complexity index is 560. The molecule has 2 N–H and O–H groups in total. The van der Waals surface area contributed by atoms with E-state index >= 15 is 0 Å². The largest absolute Gasteiger partial charge is 0.462 e. The van der Waals surface area contributed by atoms with E-state index in [1.807, 2.05) is 20.0 Å². The molecule has 0 spiro atoms. The van der Waals surface area contributed by atoms with Crippen LogP contribution in [0.15, 0.2) is 18.3 Å². The molecule has 5 heteroatoms. The van der Waals surface area contributed by atoms with E-state index in [4.69, 9.17) is 10.5 Å². The van der Waals surface area contributed by atoms with Crippen LogP contribution in [-0.2, 0) is 11.8 Å². The maximum atomic E-state index is 11.7. The van der Waals surface area contributed by atoms with Crippen molar-refractivity contribution >= 4 is 22.6 Å². The van der Waals surface area contributed by atoms with Gasteiger partial charge in [0.05, 0.1) is 29.6 Å². The number of ether oxygens (including phenoxy) is 1. The third-order valence-corrected chi connectivity index (χ3v) is 2.63. The van der Waals surface area contributed by atoms with Crippen LogP contribution in [0.2, 0.25) is 0 Å². The van der Waals surface area contributed by atoms with E-state index < -0.39 is 0 Å². The topological polar surface area (TPSA) is 70.1 Å². The third-order valence-electron chi connectivity index (χ3n) is 2.63. The average molecular weight is 233 g/mol. The second-order valence-corrected chi connectivity index (χ2v) is 3.86. The molecular formula is C12H15N3O2. The number of carbonyl (C=O) groups excluding carboxylic acids is 1. The lowest BCUT2D eigenvalue weighted by atomic mass is 10.1. The second kappa shape index (κ2) is 4.45. The van der Waals surface area contributed by atoms with E-state index in [2.05, 4.69) is 5.10 Å². The van der Waals surface area contributed by atoms with Crippen molar-refractivity contribution in [1.82, 2.24) is 9.78 Å². The normalized spacial score (nSPS) is 10.7. The highest BCUT2D eigenvalue weighted by Gasteiger charge is 2.14. The monoisotopic (exact) mass is 233 g/mol. The number of carbonyl (C=O) groups is 1. The summed E-state index contributed by atoms with van der Waals surface area (Å²) in [4.78, 5) is 11.7. The van der Waals surface area contributed by atoms with E-state index in [0.717, 1.165) is 17.3 Å². The van der Waals surface area contributed by atoms with Gasteiger partial charge in [-0.25, -0.2) is 4.79 Å². The van der Waals surface area contributed by atoms with E-state index in [0.29, 0.717) is 17.9 Å². The lowest BCUT2D eigenvalue weighted by molar-refractivity contribution is 0.0506. The first-order valence-electron chi connectivity index (χ1n) is 5.52. The van der Waals surface area contributed by atoms with Crippen LogP contribution in [0.5, 0.6) is 0 Å². The number of rotatable bonds is 3. The maximum Gasteiger partial charge on any atom is 0.340 e. The molecule has 0 amide bonds. The fraction of sp³-hybridized carbons (Fsp3) is 0.333. The van der Waals surface area contributed by atoms with Crippen LogP contribution in [0, 0.1) is 0 Å². The van der Waals surface area contributed by atoms with Crippen molar-refractivity contribution in [2.45, 2.75) is 13.3 Å². The van der Waals surface area contributed by atoms with Gasteiger partial charge in [-0.1, -0.05) is 6.92 Å². The number of esters is 1. The highest BCUT2D eigenvalue weighted by molar-refractivity contribution is 6.04. The van der Waals surface area contributed by atoms with Crippen LogP contribution in [0.4, 0.5) is 5.69 Å². The molecule has 0 saturated heterocycles. The molecular weight excluding hydrogens is 218 g/mol. The van der Waals surface area contributed by atoms with Gasteiger partial charge in [-0.05, 0) is 18.6 Å². The zero-order chi connectivity index (χ0) is 12.4. The molecule has 90 valence electrons. The number of anilines is 1. The van der Waals surface area contributed by atoms with Gasteiger partial charge in [0.15, 0.2) is 0 Å². The molecule has 0 saturated carbocycles. The summed E-state index contributed by atoms with van der Waals surface area (Å²) >= 11 is 0. The summed E-state index contributed by atoms with van der Waals surface area (Å²) in [6, 6.07) is 3.50. The molecule has 0 unspecified atom stereocenters. The predicted molar refractivity (Wildman–Crippen MR) is 65.7 cm³/mol. The summed E-state index contributed by atoms with van der Waals surface area (Å²) in [5, 5.41) is 4.88. The Hall–Kier alpha value is -2.04. The van der Waals surface area contributed by atoms with Crippen LogP contribution >= 0.6 is 0 Å². The van der Waals surface area contributed by atoms with Crippen LogP contribution in [0.1, 0.15) is 23.7 Å². The molecule has 1 heterocycles. The summed E-state index contributed by atoms with van der Waals surface area (Å²) in [6.45, 7) is 2.35. The van der Waals surface area contributed by atoms with Crippen LogP contribution in [-0.4, -0.2) is 22.4 Å². The smallest absolute Gasteiger partial charge is 0.340 e. The van der Waals surface area contributed by atoms with Gasteiger partial charge in [0.25, 0.3) is 0 Å². The summed E-state index contributed by atoms with van der Waals surface area (Å²) < 4.78 is 6.78. The van der Waals surface area contributed by atoms with E-state index in [1.54, 1.807) is 16.9 Å². The predicted octanol–water partition coefficient (Wildman–Crippen LogP) is 1.72. The summed E-state index contributed by atoms with van der Waals surface area (Å²) in [5.41, 5.74) is 7.68. The highest BCUT2D eigenvalue weighted by atomic mass is 16.5. The Balaban J connectivity index is 2.42. The fourth-order valence-electron chi connectivity index (χ4n) is 1.70. The Morgan fingerprint density at radius 3 is 3.00 bits per heavy atom. The molecule has 1 aromatic carbocycles. The quantitative estimate of drug-likeness (QED) is 0.647. The van der Waals surface area contributed by atoms with Gasteiger partial charge in [-0.15, -0.1) is 0 Å². The van der Waals surface area contributed by atoms with Crippen molar-refractivity contribution in [3.8, 4) is 0 Å². The molecule has 2 aromatic rings. The maximum absolute atomic E-state index is 11.7. The van der Waals surface area contributed by atoms with Gasteiger partial charge in [0.1, 0.15) is 0 Å². The number of hydrogen-bond donors (Lipinski definition) is 1. The summed E-state index contributed by atoms with van der Waals surface area (Å²) in [6.07, 6.45) is 2.45. The number of fused-ring (bicyclic) bond motifs is 1. The number of aryl methyl sites for hydroxylation is 1. The van der Waals surface area contributed by atoms with Gasteiger partial charge >= 0.3 is 5.97 Å². The zero-order valence-electron chi connectivity index (χ0n) is 9.93. The minimum atomic E-state index is -0.380. The van der Waals surface area contributed by atoms with Gasteiger partial charge in [-0.2, -0.15) is 5.10 Å². The molecule has 17 heavy (non-hydrogen) atoms. The highest BCUT2D eigenvalue weighted by Crippen LogP contribution is 2.24. The Morgan fingerprint density at radius 2 is 2.29 bits per heavy atom. The third kappa shape index (κ3) is 1.95. The molecule has 0 fully saturated rings. The lowest BCUT2D eigenvalue weighted by Crippen LogP contribution is -2.09. The van der Waals surface area contributed by atoms with Gasteiger partial charge in [-0.3, -0.25) is 4.68 Å². The van der Waals surface area contributed by atoms with Crippen molar-refractivity contribution in [3.63, 3.8) is 0 Å². The SMILES string of the molecule is CCCOC(=O)c1ccc2c(cnn2C)c1N. The Labute approximate surface area is 99.2 Å². The van der Waals surface area contributed by atoms with Crippen molar-refractivity contribution in [2.24, 2.45) is 7.05 Å². The van der Waals surface area contributed by atoms with Gasteiger partial charge in [0, 0.05) is 12.4 Å². The van der Waals surface area contributed by atoms with Gasteiger partial charge < -0.3 is 10.5 Å². The number of benzene rings is 1. The lowest BCUT2D eigenvalue weighted by Gasteiger charge is -2.06. The summed E-state index contributed by atoms with van der Waals surface area (Å²) in [7, 11) is 1.83. The number of nitrogens with two attached hydrogens (primary N) is 1. The molecule has 0 bridgehead atoms. The zero-order valence-corrected chi connectivity index (χ0v) is 9.93. The number of nitrogen functional groups attached to an aromatic ring is 1. The molecule has 5 nitrogen and oxygen atoms in total. The number of aromatic nitrogens is 2. The second-order valence-electron chi connectivity index (χ2n) is 3.86. The molecule has 0 radical (unpaired) electrons. The molecule has 0 aliphatic carbocycles. The van der Waals surface area contributed by atoms with Crippen molar-refractivity contribution in [1.29, 1.82) is 0 Å². The minimum Gasteiger partial charge on any atom is -0.462 e. The molecule has 0 atom stereocenters. The first-order valence-corrected chi connectivity index (χ1v) is 5.52. The Morgan fingerprint density at radius 1 is 1.53 bits per heavy atom. The van der Waals surface area contributed by atoms with Crippen LogP contribution < -0.4 is 5.73 Å². The van der Waals surface area contributed by atoms with E-state index in [1.165, 1.54) is 0 Å².